The lowest BCUT2D eigenvalue weighted by Crippen LogP contribution is -2.34. The molecular weight excluding hydrogens is 645 g/mol. The molecule has 9 nitrogen and oxygen atoms in total. The number of carbonyl (C=O) groups excluding carboxylic acids is 3. The van der Waals surface area contributed by atoms with Gasteiger partial charge < -0.3 is 25.8 Å². The van der Waals surface area contributed by atoms with E-state index in [4.69, 9.17) is 0 Å². The Kier molecular flexibility index (Phi) is 10.8. The molecule has 4 aromatic rings. The van der Waals surface area contributed by atoms with Crippen molar-refractivity contribution < 1.29 is 27.6 Å². The Morgan fingerprint density at radius 2 is 1.54 bits per heavy atom. The lowest BCUT2D eigenvalue weighted by molar-refractivity contribution is -0.137. The molecule has 1 aromatic heterocycles. The van der Waals surface area contributed by atoms with Crippen molar-refractivity contribution >= 4 is 29.1 Å². The Morgan fingerprint density at radius 3 is 2.36 bits per heavy atom. The summed E-state index contributed by atoms with van der Waals surface area (Å²) in [5.41, 5.74) is 3.01. The highest BCUT2D eigenvalue weighted by Crippen LogP contribution is 2.33. The number of alkyl halides is 3. The number of benzene rings is 3. The number of nitrogens with zero attached hydrogens (tertiary/aromatic N) is 3. The number of rotatable bonds is 8. The molecule has 50 heavy (non-hydrogen) atoms. The van der Waals surface area contributed by atoms with Gasteiger partial charge >= 0.3 is 6.18 Å². The van der Waals surface area contributed by atoms with Crippen molar-refractivity contribution in [3.8, 4) is 11.3 Å². The van der Waals surface area contributed by atoms with Gasteiger partial charge in [-0.3, -0.25) is 19.4 Å². The van der Waals surface area contributed by atoms with Crippen LogP contribution in [0.4, 0.5) is 24.5 Å². The van der Waals surface area contributed by atoms with Crippen LogP contribution in [-0.2, 0) is 12.7 Å². The molecule has 3 aromatic carbocycles. The lowest BCUT2D eigenvalue weighted by Gasteiger charge is -2.29. The van der Waals surface area contributed by atoms with Crippen LogP contribution in [0, 0.1) is 0 Å². The maximum Gasteiger partial charge on any atom is 0.416 e. The van der Waals surface area contributed by atoms with Crippen molar-refractivity contribution in [1.29, 1.82) is 0 Å². The Labute approximate surface area is 288 Å². The first-order valence-corrected chi connectivity index (χ1v) is 16.9. The normalized spacial score (nSPS) is 15.3. The number of aromatic nitrogens is 1. The Hall–Kier alpha value is -5.23. The first-order valence-electron chi connectivity index (χ1n) is 16.9. The summed E-state index contributed by atoms with van der Waals surface area (Å²) < 4.78 is 39.6. The van der Waals surface area contributed by atoms with Crippen LogP contribution in [0.3, 0.4) is 0 Å². The fraction of sp³-hybridized carbons (Fsp3) is 0.316. The maximum atomic E-state index is 13.7. The molecule has 0 spiro atoms. The number of halogens is 3. The van der Waals surface area contributed by atoms with Gasteiger partial charge in [-0.1, -0.05) is 18.2 Å². The lowest BCUT2D eigenvalue weighted by atomic mass is 10.0. The van der Waals surface area contributed by atoms with Gasteiger partial charge in [0.2, 0.25) is 0 Å². The summed E-state index contributed by atoms with van der Waals surface area (Å²) in [5.74, 6) is -1.01. The van der Waals surface area contributed by atoms with Crippen LogP contribution in [0.5, 0.6) is 0 Å². The average Bonchev–Trinajstić information content (AvgIpc) is 3.44. The highest BCUT2D eigenvalue weighted by Gasteiger charge is 2.30. The smallest absolute Gasteiger partial charge is 0.372 e. The zero-order chi connectivity index (χ0) is 35.1. The first kappa shape index (κ1) is 34.6. The van der Waals surface area contributed by atoms with Crippen molar-refractivity contribution in [1.82, 2.24) is 20.5 Å². The molecular formula is C38H39F3N6O3. The van der Waals surface area contributed by atoms with Crippen LogP contribution in [0.1, 0.15) is 67.9 Å². The second kappa shape index (κ2) is 15.5. The van der Waals surface area contributed by atoms with Gasteiger partial charge in [0, 0.05) is 73.4 Å². The molecule has 6 rings (SSSR count). The summed E-state index contributed by atoms with van der Waals surface area (Å²) in [6.07, 6.45) is 1.15. The van der Waals surface area contributed by atoms with E-state index in [0.717, 1.165) is 69.7 Å². The molecule has 12 heteroatoms. The van der Waals surface area contributed by atoms with Gasteiger partial charge in [-0.2, -0.15) is 13.2 Å². The number of amides is 3. The van der Waals surface area contributed by atoms with Gasteiger partial charge in [0.1, 0.15) is 0 Å². The number of piperidine rings is 1. The minimum absolute atomic E-state index is 0.0949. The van der Waals surface area contributed by atoms with E-state index in [9.17, 15) is 27.6 Å². The van der Waals surface area contributed by atoms with Gasteiger partial charge in [-0.05, 0) is 98.5 Å². The molecule has 0 saturated carbocycles. The summed E-state index contributed by atoms with van der Waals surface area (Å²) in [6, 6.07) is 20.3. The summed E-state index contributed by atoms with van der Waals surface area (Å²) in [4.78, 5) is 48.7. The van der Waals surface area contributed by atoms with Crippen LogP contribution in [-0.4, -0.2) is 66.9 Å². The molecule has 0 atom stereocenters. The number of hydrogen-bond acceptors (Lipinski definition) is 6. The van der Waals surface area contributed by atoms with Gasteiger partial charge in [-0.25, -0.2) is 0 Å². The maximum absolute atomic E-state index is 13.7. The number of carbonyl (C=O) groups is 3. The minimum Gasteiger partial charge on any atom is -0.372 e. The van der Waals surface area contributed by atoms with E-state index in [1.807, 2.05) is 18.2 Å². The molecule has 0 unspecified atom stereocenters. The molecule has 0 bridgehead atoms. The van der Waals surface area contributed by atoms with E-state index in [0.29, 0.717) is 46.7 Å². The van der Waals surface area contributed by atoms with Crippen molar-refractivity contribution in [2.45, 2.75) is 38.4 Å². The van der Waals surface area contributed by atoms with Crippen molar-refractivity contribution in [2.24, 2.45) is 0 Å². The molecule has 3 heterocycles. The summed E-state index contributed by atoms with van der Waals surface area (Å²) in [6.45, 7) is 4.50. The van der Waals surface area contributed by atoms with Crippen LogP contribution < -0.4 is 20.9 Å². The molecule has 2 aliphatic rings. The second-order valence-electron chi connectivity index (χ2n) is 12.5. The predicted molar refractivity (Wildman–Crippen MR) is 186 cm³/mol. The Bertz CT molecular complexity index is 1850. The van der Waals surface area contributed by atoms with E-state index < -0.39 is 23.6 Å². The third kappa shape index (κ3) is 8.49. The third-order valence-electron chi connectivity index (χ3n) is 8.98. The highest BCUT2D eigenvalue weighted by atomic mass is 19.4. The molecule has 2 aliphatic heterocycles. The van der Waals surface area contributed by atoms with Crippen molar-refractivity contribution in [2.75, 3.05) is 49.5 Å². The monoisotopic (exact) mass is 684 g/mol. The van der Waals surface area contributed by atoms with Gasteiger partial charge in [0.05, 0.1) is 16.9 Å². The average molecular weight is 685 g/mol. The molecule has 2 saturated heterocycles. The largest absolute Gasteiger partial charge is 0.416 e. The molecule has 2 fully saturated rings. The summed E-state index contributed by atoms with van der Waals surface area (Å²) in [7, 11) is 0. The molecule has 260 valence electrons. The fourth-order valence-corrected chi connectivity index (χ4v) is 6.28. The Balaban J connectivity index is 1.25. The van der Waals surface area contributed by atoms with E-state index in [1.165, 1.54) is 24.4 Å². The van der Waals surface area contributed by atoms with Gasteiger partial charge in [0.25, 0.3) is 17.7 Å². The second-order valence-corrected chi connectivity index (χ2v) is 12.5. The zero-order valence-corrected chi connectivity index (χ0v) is 27.6. The number of hydrogen-bond donors (Lipinski definition) is 3. The third-order valence-corrected chi connectivity index (χ3v) is 8.98. The van der Waals surface area contributed by atoms with Gasteiger partial charge in [0.15, 0.2) is 0 Å². The van der Waals surface area contributed by atoms with Crippen LogP contribution in [0.15, 0.2) is 85.1 Å². The molecule has 3 amide bonds. The summed E-state index contributed by atoms with van der Waals surface area (Å²) in [5, 5.41) is 8.99. The first-order chi connectivity index (χ1) is 24.2. The number of pyridine rings is 1. The summed E-state index contributed by atoms with van der Waals surface area (Å²) >= 11 is 0. The van der Waals surface area contributed by atoms with Crippen LogP contribution in [0.25, 0.3) is 11.3 Å². The SMILES string of the molecule is O=C(NCc1cccc(C(F)(F)F)c1)c1ccnc(-c2cc(N3CCCCC3)ccc2NC(=O)c2cccc(C(=O)N3CCCNCC3)c2)c1. The number of nitrogens with one attached hydrogen (secondary N) is 3. The molecule has 0 radical (unpaired) electrons. The molecule has 0 aliphatic carbocycles. The topological polar surface area (TPSA) is 107 Å². The minimum atomic E-state index is -4.49. The predicted octanol–water partition coefficient (Wildman–Crippen LogP) is 6.38. The quantitative estimate of drug-likeness (QED) is 0.199. The number of anilines is 2. The van der Waals surface area contributed by atoms with E-state index in [-0.39, 0.29) is 18.0 Å². The van der Waals surface area contributed by atoms with Crippen LogP contribution in [0.2, 0.25) is 0 Å². The van der Waals surface area contributed by atoms with E-state index in [1.54, 1.807) is 35.2 Å². The van der Waals surface area contributed by atoms with Crippen molar-refractivity contribution in [3.63, 3.8) is 0 Å². The van der Waals surface area contributed by atoms with E-state index >= 15 is 0 Å². The zero-order valence-electron chi connectivity index (χ0n) is 27.6. The highest BCUT2D eigenvalue weighted by molar-refractivity contribution is 6.08. The van der Waals surface area contributed by atoms with Gasteiger partial charge in [-0.15, -0.1) is 0 Å². The standard InChI is InChI=1S/C38H39F3N6O3/c39-38(40,41)30-10-4-7-26(21-30)25-44-35(48)28-13-15-43-34(23-28)32-24-31(46-17-2-1-3-18-46)11-12-33(32)45-36(49)27-8-5-9-29(22-27)37(50)47-19-6-14-42-16-20-47/h4-5,7-13,15,21-24,42H,1-3,6,14,16-20,25H2,(H,44,48)(H,45,49). The van der Waals surface area contributed by atoms with E-state index in [2.05, 4.69) is 25.8 Å². The van der Waals surface area contributed by atoms with Crippen LogP contribution >= 0.6 is 0 Å². The fourth-order valence-electron chi connectivity index (χ4n) is 6.28. The molecule has 3 N–H and O–H groups in total. The Morgan fingerprint density at radius 1 is 0.760 bits per heavy atom. The van der Waals surface area contributed by atoms with Crippen molar-refractivity contribution in [3.05, 3.63) is 113 Å².